The van der Waals surface area contributed by atoms with Crippen LogP contribution in [0.25, 0.3) is 17.2 Å². The molecule has 0 atom stereocenters. The van der Waals surface area contributed by atoms with Gasteiger partial charge >= 0.3 is 12.3 Å². The van der Waals surface area contributed by atoms with Gasteiger partial charge in [0.15, 0.2) is 0 Å². The number of carbonyl (C=O) groups is 3. The number of imide groups is 1. The lowest BCUT2D eigenvalue weighted by atomic mass is 9.84. The molecule has 11 heteroatoms. The van der Waals surface area contributed by atoms with E-state index >= 15 is 0 Å². The summed E-state index contributed by atoms with van der Waals surface area (Å²) in [6, 6.07) is 6.34. The van der Waals surface area contributed by atoms with Crippen molar-refractivity contribution in [2.75, 3.05) is 6.61 Å². The Morgan fingerprint density at radius 2 is 1.94 bits per heavy atom. The molecule has 1 saturated heterocycles. The number of amides is 2. The SMILES string of the molecule is CC1(C)COc2c(-c3cc(/C=C4\SC(=O)NC4=O)ccc3OC(F)(F)F)cc(C(=O)O)cc21. The predicted octanol–water partition coefficient (Wildman–Crippen LogP) is 4.94. The number of rotatable bonds is 4. The topological polar surface area (TPSA) is 102 Å². The molecule has 0 radical (unpaired) electrons. The molecule has 4 rings (SSSR count). The smallest absolute Gasteiger partial charge is 0.492 e. The first-order valence-corrected chi connectivity index (χ1v) is 10.4. The molecule has 1 fully saturated rings. The van der Waals surface area contributed by atoms with Gasteiger partial charge in [0.05, 0.1) is 17.1 Å². The van der Waals surface area contributed by atoms with E-state index in [1.165, 1.54) is 30.3 Å². The zero-order valence-electron chi connectivity index (χ0n) is 17.2. The average Bonchev–Trinajstić information content (AvgIpc) is 3.18. The molecule has 2 amide bonds. The lowest BCUT2D eigenvalue weighted by Gasteiger charge is -2.18. The number of carboxylic acid groups (broad SMARTS) is 1. The van der Waals surface area contributed by atoms with E-state index in [1.54, 1.807) is 0 Å². The van der Waals surface area contributed by atoms with E-state index in [0.717, 1.165) is 6.07 Å². The van der Waals surface area contributed by atoms with Gasteiger partial charge < -0.3 is 14.6 Å². The molecule has 0 saturated carbocycles. The van der Waals surface area contributed by atoms with E-state index < -0.39 is 34.6 Å². The molecular formula is C22H16F3NO6S. The summed E-state index contributed by atoms with van der Waals surface area (Å²) in [5, 5.41) is 11.1. The van der Waals surface area contributed by atoms with Crippen LogP contribution >= 0.6 is 11.8 Å². The van der Waals surface area contributed by atoms with Crippen molar-refractivity contribution in [1.29, 1.82) is 0 Å². The van der Waals surface area contributed by atoms with Gasteiger partial charge in [-0.3, -0.25) is 14.9 Å². The number of nitrogens with one attached hydrogen (secondary N) is 1. The molecule has 0 unspecified atom stereocenters. The molecule has 7 nitrogen and oxygen atoms in total. The fraction of sp³-hybridized carbons (Fsp3) is 0.227. The lowest BCUT2D eigenvalue weighted by Crippen LogP contribution is -2.18. The van der Waals surface area contributed by atoms with Crippen molar-refractivity contribution in [2.45, 2.75) is 25.6 Å². The van der Waals surface area contributed by atoms with Crippen LogP contribution in [0.15, 0.2) is 35.2 Å². The van der Waals surface area contributed by atoms with Crippen molar-refractivity contribution in [2.24, 2.45) is 0 Å². The molecular weight excluding hydrogens is 463 g/mol. The first kappa shape index (κ1) is 22.7. The van der Waals surface area contributed by atoms with E-state index in [1.807, 2.05) is 13.8 Å². The summed E-state index contributed by atoms with van der Waals surface area (Å²) in [5.41, 5.74) is 0.177. The van der Waals surface area contributed by atoms with Crippen molar-refractivity contribution in [3.05, 3.63) is 51.9 Å². The van der Waals surface area contributed by atoms with Crippen LogP contribution in [0.3, 0.4) is 0 Å². The number of benzene rings is 2. The Labute approximate surface area is 189 Å². The Balaban J connectivity index is 1.94. The van der Waals surface area contributed by atoms with Gasteiger partial charge in [-0.2, -0.15) is 0 Å². The summed E-state index contributed by atoms with van der Waals surface area (Å²) in [6.45, 7) is 3.86. The van der Waals surface area contributed by atoms with Crippen molar-refractivity contribution in [1.82, 2.24) is 5.32 Å². The number of fused-ring (bicyclic) bond motifs is 1. The number of thioether (sulfide) groups is 1. The lowest BCUT2D eigenvalue weighted by molar-refractivity contribution is -0.274. The third kappa shape index (κ3) is 4.54. The van der Waals surface area contributed by atoms with Gasteiger partial charge in [0.2, 0.25) is 0 Å². The summed E-state index contributed by atoms with van der Waals surface area (Å²) in [4.78, 5) is 35.1. The van der Waals surface area contributed by atoms with Crippen LogP contribution in [-0.2, 0) is 10.2 Å². The van der Waals surface area contributed by atoms with Gasteiger partial charge in [-0.25, -0.2) is 4.79 Å². The summed E-state index contributed by atoms with van der Waals surface area (Å²) in [5.74, 6) is -2.19. The maximum Gasteiger partial charge on any atom is 0.573 e. The van der Waals surface area contributed by atoms with E-state index in [9.17, 15) is 32.7 Å². The third-order valence-corrected chi connectivity index (χ3v) is 5.91. The molecule has 0 aliphatic carbocycles. The van der Waals surface area contributed by atoms with Crippen molar-refractivity contribution >= 4 is 35.0 Å². The highest BCUT2D eigenvalue weighted by atomic mass is 32.2. The zero-order valence-corrected chi connectivity index (χ0v) is 18.0. The van der Waals surface area contributed by atoms with E-state index in [-0.39, 0.29) is 34.0 Å². The van der Waals surface area contributed by atoms with Crippen molar-refractivity contribution in [3.8, 4) is 22.6 Å². The summed E-state index contributed by atoms with van der Waals surface area (Å²) in [7, 11) is 0. The molecule has 2 N–H and O–H groups in total. The molecule has 2 aromatic carbocycles. The molecule has 0 spiro atoms. The monoisotopic (exact) mass is 479 g/mol. The maximum atomic E-state index is 13.1. The Hall–Kier alpha value is -3.47. The number of aromatic carboxylic acids is 1. The number of ether oxygens (including phenoxy) is 2. The number of hydrogen-bond acceptors (Lipinski definition) is 6. The quantitative estimate of drug-likeness (QED) is 0.599. The zero-order chi connectivity index (χ0) is 24.1. The molecule has 33 heavy (non-hydrogen) atoms. The Morgan fingerprint density at radius 1 is 1.21 bits per heavy atom. The van der Waals surface area contributed by atoms with Crippen LogP contribution in [0.5, 0.6) is 11.5 Å². The van der Waals surface area contributed by atoms with Gasteiger partial charge in [0.1, 0.15) is 11.5 Å². The molecule has 2 aliphatic rings. The van der Waals surface area contributed by atoms with E-state index in [2.05, 4.69) is 10.1 Å². The van der Waals surface area contributed by atoms with Crippen molar-refractivity contribution < 1.29 is 42.1 Å². The van der Waals surface area contributed by atoms with Crippen LogP contribution in [0.1, 0.15) is 35.3 Å². The van der Waals surface area contributed by atoms with E-state index in [4.69, 9.17) is 4.74 Å². The first-order valence-electron chi connectivity index (χ1n) is 9.54. The molecule has 2 heterocycles. The van der Waals surface area contributed by atoms with Crippen LogP contribution in [0.2, 0.25) is 0 Å². The second-order valence-electron chi connectivity index (χ2n) is 8.03. The van der Waals surface area contributed by atoms with Gasteiger partial charge in [-0.05, 0) is 47.7 Å². The second-order valence-corrected chi connectivity index (χ2v) is 9.05. The normalized spacial score (nSPS) is 18.2. The van der Waals surface area contributed by atoms with Gasteiger partial charge in [-0.1, -0.05) is 19.9 Å². The fourth-order valence-corrected chi connectivity index (χ4v) is 4.26. The summed E-state index contributed by atoms with van der Waals surface area (Å²) < 4.78 is 49.3. The standard InChI is InChI=1S/C22H16F3NO6S/c1-21(2)9-31-17-13(7-11(19(28)29)8-14(17)21)12-5-10(3-4-15(12)32-22(23,24)25)6-16-18(27)26-20(30)33-16/h3-8H,9H2,1-2H3,(H,28,29)(H,26,27,30)/b16-6-. The molecule has 2 aromatic rings. The highest BCUT2D eigenvalue weighted by Crippen LogP contribution is 2.48. The largest absolute Gasteiger partial charge is 0.573 e. The number of carbonyl (C=O) groups excluding carboxylic acids is 2. The molecule has 0 bridgehead atoms. The number of halogens is 3. The van der Waals surface area contributed by atoms with E-state index in [0.29, 0.717) is 22.9 Å². The number of carboxylic acids is 1. The van der Waals surface area contributed by atoms with Crippen LogP contribution < -0.4 is 14.8 Å². The number of alkyl halides is 3. The maximum absolute atomic E-state index is 13.1. The Kier molecular flexibility index (Phi) is 5.39. The van der Waals surface area contributed by atoms with Crippen LogP contribution in [0.4, 0.5) is 18.0 Å². The molecule has 0 aromatic heterocycles. The van der Waals surface area contributed by atoms with Gasteiger partial charge in [0, 0.05) is 22.1 Å². The average molecular weight is 479 g/mol. The van der Waals surface area contributed by atoms with Crippen molar-refractivity contribution in [3.63, 3.8) is 0 Å². The molecule has 2 aliphatic heterocycles. The highest BCUT2D eigenvalue weighted by molar-refractivity contribution is 8.18. The second kappa shape index (κ2) is 7.84. The Morgan fingerprint density at radius 3 is 2.55 bits per heavy atom. The van der Waals surface area contributed by atoms with Gasteiger partial charge in [-0.15, -0.1) is 13.2 Å². The predicted molar refractivity (Wildman–Crippen MR) is 113 cm³/mol. The first-order chi connectivity index (χ1) is 15.3. The summed E-state index contributed by atoms with van der Waals surface area (Å²) in [6.07, 6.45) is -3.66. The minimum absolute atomic E-state index is 0.0670. The fourth-order valence-electron chi connectivity index (χ4n) is 3.57. The van der Waals surface area contributed by atoms with Gasteiger partial charge in [0.25, 0.3) is 11.1 Å². The number of hydrogen-bond donors (Lipinski definition) is 2. The Bertz CT molecular complexity index is 1240. The van der Waals surface area contributed by atoms with Crippen LogP contribution in [0, 0.1) is 0 Å². The van der Waals surface area contributed by atoms with Crippen LogP contribution in [-0.4, -0.2) is 35.2 Å². The highest BCUT2D eigenvalue weighted by Gasteiger charge is 2.37. The molecule has 172 valence electrons. The third-order valence-electron chi connectivity index (χ3n) is 5.10. The minimum Gasteiger partial charge on any atom is -0.492 e. The summed E-state index contributed by atoms with van der Waals surface area (Å²) >= 11 is 0.658. The minimum atomic E-state index is -5.00.